The Balaban J connectivity index is 1.15. The number of fused-ring (bicyclic) bond motifs is 3. The Labute approximate surface area is 272 Å². The number of amides is 1. The van der Waals surface area contributed by atoms with E-state index in [-0.39, 0.29) is 11.8 Å². The minimum atomic E-state index is -0.665. The molecule has 240 valence electrons. The normalized spacial score (nSPS) is 20.2. The van der Waals surface area contributed by atoms with Crippen molar-refractivity contribution in [1.82, 2.24) is 34.6 Å². The first-order valence-electron chi connectivity index (χ1n) is 17.0. The molecule has 4 aromatic heterocycles. The molecule has 2 N–H and O–H groups in total. The van der Waals surface area contributed by atoms with E-state index in [1.54, 1.807) is 0 Å². The van der Waals surface area contributed by atoms with Gasteiger partial charge in [-0.15, -0.1) is 0 Å². The standard InChI is InChI=1S/C38H47N7O/c1-23-15-24(2)17-28(16-23)34-35(25(3)19-39-14-13-26-18-32-36(40-20-26)44(6)22-41-32)45-21-29(9-12-33(45)43-34)38(4,5)37(46)42-31-11-8-27-7-10-30(27)31/h9,12,15-18,20-22,25,27,30-31,39H,7-8,10-11,13-14,19H2,1-6H3,(H,42,46)/t25-,27?,30?,31?/m1/s1. The number of hydrogen-bond donors (Lipinski definition) is 2. The van der Waals surface area contributed by atoms with Gasteiger partial charge in [0.1, 0.15) is 11.2 Å². The van der Waals surface area contributed by atoms with Crippen LogP contribution in [0.1, 0.15) is 80.3 Å². The van der Waals surface area contributed by atoms with Crippen LogP contribution >= 0.6 is 0 Å². The molecule has 46 heavy (non-hydrogen) atoms. The highest BCUT2D eigenvalue weighted by atomic mass is 16.2. The first kappa shape index (κ1) is 30.6. The number of pyridine rings is 2. The summed E-state index contributed by atoms with van der Waals surface area (Å²) in [5, 5.41) is 7.15. The van der Waals surface area contributed by atoms with E-state index in [2.05, 4.69) is 102 Å². The largest absolute Gasteiger partial charge is 0.352 e. The number of carbonyl (C=O) groups is 1. The lowest BCUT2D eigenvalue weighted by molar-refractivity contribution is -0.126. The van der Waals surface area contributed by atoms with Crippen molar-refractivity contribution in [3.8, 4) is 11.3 Å². The van der Waals surface area contributed by atoms with Crippen molar-refractivity contribution in [2.24, 2.45) is 18.9 Å². The summed E-state index contributed by atoms with van der Waals surface area (Å²) in [6.07, 6.45) is 11.7. The number of nitrogens with zero attached hydrogens (tertiary/aromatic N) is 5. The first-order valence-corrected chi connectivity index (χ1v) is 17.0. The molecule has 2 saturated carbocycles. The molecule has 7 rings (SSSR count). The average Bonchev–Trinajstić information content (AvgIpc) is 3.66. The Hall–Kier alpha value is -4.04. The van der Waals surface area contributed by atoms with Gasteiger partial charge in [0.2, 0.25) is 5.91 Å². The Kier molecular flexibility index (Phi) is 7.96. The highest BCUT2D eigenvalue weighted by molar-refractivity contribution is 5.87. The van der Waals surface area contributed by atoms with Crippen LogP contribution in [0.15, 0.2) is 55.1 Å². The SMILES string of the molecule is Cc1cc(C)cc(-c2nc3ccc(C(C)(C)C(=O)NC4CCC5CCC54)cn3c2[C@H](C)CNCCc2cnc3c(c2)ncn3C)c1. The number of hydrogen-bond acceptors (Lipinski definition) is 5. The van der Waals surface area contributed by atoms with Crippen molar-refractivity contribution in [2.75, 3.05) is 13.1 Å². The van der Waals surface area contributed by atoms with E-state index in [9.17, 15) is 4.79 Å². The van der Waals surface area contributed by atoms with Crippen molar-refractivity contribution < 1.29 is 4.79 Å². The maximum absolute atomic E-state index is 13.8. The summed E-state index contributed by atoms with van der Waals surface area (Å²) in [7, 11) is 1.97. The Bertz CT molecular complexity index is 1900. The molecule has 0 spiro atoms. The molecule has 0 bridgehead atoms. The van der Waals surface area contributed by atoms with Crippen molar-refractivity contribution >= 4 is 22.7 Å². The zero-order valence-electron chi connectivity index (χ0n) is 28.1. The maximum Gasteiger partial charge on any atom is 0.230 e. The predicted octanol–water partition coefficient (Wildman–Crippen LogP) is 6.42. The van der Waals surface area contributed by atoms with Crippen molar-refractivity contribution in [3.63, 3.8) is 0 Å². The molecule has 8 heteroatoms. The molecule has 1 aromatic carbocycles. The van der Waals surface area contributed by atoms with Crippen molar-refractivity contribution in [3.05, 3.63) is 83.1 Å². The van der Waals surface area contributed by atoms with Gasteiger partial charge in [-0.25, -0.2) is 15.0 Å². The second kappa shape index (κ2) is 12.0. The van der Waals surface area contributed by atoms with Crippen LogP contribution in [-0.4, -0.2) is 49.0 Å². The minimum absolute atomic E-state index is 0.119. The fraction of sp³-hybridized carbons (Fsp3) is 0.474. The van der Waals surface area contributed by atoms with Gasteiger partial charge >= 0.3 is 0 Å². The number of imidazole rings is 2. The lowest BCUT2D eigenvalue weighted by Crippen LogP contribution is -2.48. The topological polar surface area (TPSA) is 89.1 Å². The first-order chi connectivity index (χ1) is 22.1. The number of aryl methyl sites for hydroxylation is 3. The molecule has 3 unspecified atom stereocenters. The van der Waals surface area contributed by atoms with Crippen LogP contribution in [0, 0.1) is 25.7 Å². The van der Waals surface area contributed by atoms with Crippen LogP contribution in [-0.2, 0) is 23.7 Å². The van der Waals surface area contributed by atoms with Crippen LogP contribution in [0.3, 0.4) is 0 Å². The quantitative estimate of drug-likeness (QED) is 0.177. The summed E-state index contributed by atoms with van der Waals surface area (Å²) in [6, 6.07) is 13.3. The Morgan fingerprint density at radius 3 is 2.57 bits per heavy atom. The molecule has 1 amide bonds. The van der Waals surface area contributed by atoms with Gasteiger partial charge in [-0.1, -0.05) is 30.2 Å². The van der Waals surface area contributed by atoms with Gasteiger partial charge in [0, 0.05) is 43.5 Å². The number of carbonyl (C=O) groups excluding carboxylic acids is 1. The number of aromatic nitrogens is 5. The lowest BCUT2D eigenvalue weighted by Gasteiger charge is -2.36. The van der Waals surface area contributed by atoms with E-state index in [1.807, 2.05) is 24.1 Å². The van der Waals surface area contributed by atoms with Crippen LogP contribution in [0.4, 0.5) is 0 Å². The maximum atomic E-state index is 13.8. The molecular formula is C38H47N7O. The predicted molar refractivity (Wildman–Crippen MR) is 184 cm³/mol. The van der Waals surface area contributed by atoms with E-state index >= 15 is 0 Å². The fourth-order valence-corrected chi connectivity index (χ4v) is 7.82. The second-order valence-electron chi connectivity index (χ2n) is 14.5. The molecule has 0 radical (unpaired) electrons. The zero-order chi connectivity index (χ0) is 32.2. The third kappa shape index (κ3) is 5.61. The fourth-order valence-electron chi connectivity index (χ4n) is 7.82. The lowest BCUT2D eigenvalue weighted by atomic mass is 9.74. The van der Waals surface area contributed by atoms with Crippen LogP contribution < -0.4 is 10.6 Å². The zero-order valence-corrected chi connectivity index (χ0v) is 28.1. The van der Waals surface area contributed by atoms with E-state index < -0.39 is 5.41 Å². The summed E-state index contributed by atoms with van der Waals surface area (Å²) in [6.45, 7) is 12.3. The van der Waals surface area contributed by atoms with E-state index in [4.69, 9.17) is 4.98 Å². The molecule has 8 nitrogen and oxygen atoms in total. The molecular weight excluding hydrogens is 570 g/mol. The van der Waals surface area contributed by atoms with Gasteiger partial charge in [-0.3, -0.25) is 4.79 Å². The molecule has 4 atom stereocenters. The number of nitrogens with one attached hydrogen (secondary N) is 2. The van der Waals surface area contributed by atoms with E-state index in [1.165, 1.54) is 36.0 Å². The monoisotopic (exact) mass is 617 g/mol. The highest BCUT2D eigenvalue weighted by Crippen LogP contribution is 2.47. The number of rotatable bonds is 10. The van der Waals surface area contributed by atoms with Crippen LogP contribution in [0.2, 0.25) is 0 Å². The van der Waals surface area contributed by atoms with Gasteiger partial charge in [-0.05, 0) is 114 Å². The minimum Gasteiger partial charge on any atom is -0.352 e. The van der Waals surface area contributed by atoms with Crippen LogP contribution in [0.25, 0.3) is 28.1 Å². The summed E-state index contributed by atoms with van der Waals surface area (Å²) < 4.78 is 4.18. The molecule has 2 aliphatic carbocycles. The highest BCUT2D eigenvalue weighted by Gasteiger charge is 2.44. The molecule has 4 heterocycles. The van der Waals surface area contributed by atoms with Gasteiger partial charge in [0.15, 0.2) is 5.65 Å². The third-order valence-electron chi connectivity index (χ3n) is 10.7. The second-order valence-corrected chi connectivity index (χ2v) is 14.5. The third-order valence-corrected chi connectivity index (χ3v) is 10.7. The van der Waals surface area contributed by atoms with E-state index in [0.29, 0.717) is 12.0 Å². The molecule has 2 fully saturated rings. The van der Waals surface area contributed by atoms with Gasteiger partial charge in [0.25, 0.3) is 0 Å². The summed E-state index contributed by atoms with van der Waals surface area (Å²) >= 11 is 0. The summed E-state index contributed by atoms with van der Waals surface area (Å²) in [5.41, 5.74) is 10.00. The van der Waals surface area contributed by atoms with Crippen LogP contribution in [0.5, 0.6) is 0 Å². The van der Waals surface area contributed by atoms with E-state index in [0.717, 1.165) is 71.2 Å². The molecule has 0 saturated heterocycles. The van der Waals surface area contributed by atoms with Gasteiger partial charge in [-0.2, -0.15) is 0 Å². The van der Waals surface area contributed by atoms with Crippen molar-refractivity contribution in [1.29, 1.82) is 0 Å². The average molecular weight is 618 g/mol. The van der Waals surface area contributed by atoms with Crippen molar-refractivity contribution in [2.45, 2.75) is 84.1 Å². The molecule has 0 aliphatic heterocycles. The van der Waals surface area contributed by atoms with Gasteiger partial charge in [0.05, 0.1) is 23.1 Å². The Morgan fingerprint density at radius 1 is 1.04 bits per heavy atom. The Morgan fingerprint density at radius 2 is 1.83 bits per heavy atom. The molecule has 5 aromatic rings. The van der Waals surface area contributed by atoms with Gasteiger partial charge < -0.3 is 19.6 Å². The summed E-state index contributed by atoms with van der Waals surface area (Å²) in [4.78, 5) is 28.0. The smallest absolute Gasteiger partial charge is 0.230 e. The molecule has 2 aliphatic rings. The summed E-state index contributed by atoms with van der Waals surface area (Å²) in [5.74, 6) is 1.78. The number of benzene rings is 1.